The Kier molecular flexibility index (Phi) is 3.66. The molecule has 1 fully saturated rings. The van der Waals surface area contributed by atoms with E-state index < -0.39 is 0 Å². The molecule has 1 aromatic carbocycles. The van der Waals surface area contributed by atoms with E-state index >= 15 is 0 Å². The monoisotopic (exact) mass is 260 g/mol. The van der Waals surface area contributed by atoms with Crippen LogP contribution >= 0.6 is 0 Å². The molecule has 5 heteroatoms. The minimum absolute atomic E-state index is 0.298. The van der Waals surface area contributed by atoms with E-state index in [9.17, 15) is 0 Å². The minimum atomic E-state index is 0.298. The van der Waals surface area contributed by atoms with Gasteiger partial charge >= 0.3 is 7.48 Å². The van der Waals surface area contributed by atoms with Crippen LogP contribution in [0.1, 0.15) is 11.1 Å². The minimum Gasteiger partial charge on any atom is -0.564 e. The highest BCUT2D eigenvalue weighted by atomic mass is 16.5. The van der Waals surface area contributed by atoms with Crippen LogP contribution in [0.25, 0.3) is 0 Å². The number of rotatable bonds is 4. The summed E-state index contributed by atoms with van der Waals surface area (Å²) in [6, 6.07) is 4.24. The van der Waals surface area contributed by atoms with E-state index in [1.807, 2.05) is 0 Å². The normalized spacial score (nSPS) is 19.1. The Hall–Kier alpha value is -1.20. The Morgan fingerprint density at radius 1 is 1.47 bits per heavy atom. The lowest BCUT2D eigenvalue weighted by Gasteiger charge is -2.39. The Morgan fingerprint density at radius 3 is 3.11 bits per heavy atom. The van der Waals surface area contributed by atoms with Crippen molar-refractivity contribution in [3.63, 3.8) is 0 Å². The van der Waals surface area contributed by atoms with Gasteiger partial charge in [0, 0.05) is 31.7 Å². The lowest BCUT2D eigenvalue weighted by atomic mass is 9.85. The molecule has 2 heterocycles. The third-order valence-corrected chi connectivity index (χ3v) is 3.94. The second kappa shape index (κ2) is 5.43. The van der Waals surface area contributed by atoms with Crippen molar-refractivity contribution in [3.8, 4) is 11.5 Å². The van der Waals surface area contributed by atoms with Gasteiger partial charge in [0.15, 0.2) is 0 Å². The molecule has 2 N–H and O–H groups in total. The maximum absolute atomic E-state index is 6.06. The van der Waals surface area contributed by atoms with Crippen molar-refractivity contribution in [2.24, 2.45) is 5.73 Å². The number of hydrogen-bond acceptors (Lipinski definition) is 4. The molecule has 102 valence electrons. The van der Waals surface area contributed by atoms with Gasteiger partial charge in [0.1, 0.15) is 17.6 Å². The topological polar surface area (TPSA) is 47.7 Å². The van der Waals surface area contributed by atoms with E-state index in [1.54, 1.807) is 0 Å². The van der Waals surface area contributed by atoms with Gasteiger partial charge in [0.2, 0.25) is 0 Å². The van der Waals surface area contributed by atoms with E-state index in [0.717, 1.165) is 63.5 Å². The number of nitrogens with two attached hydrogens (primary N) is 1. The lowest BCUT2D eigenvalue weighted by molar-refractivity contribution is 0.0218. The maximum atomic E-state index is 6.06. The largest absolute Gasteiger partial charge is 0.564 e. The van der Waals surface area contributed by atoms with Crippen molar-refractivity contribution >= 4 is 7.48 Å². The molecule has 2 aliphatic rings. The first kappa shape index (κ1) is 12.8. The van der Waals surface area contributed by atoms with Crippen molar-refractivity contribution < 1.29 is 9.39 Å². The average Bonchev–Trinajstić information content (AvgIpc) is 2.39. The number of likely N-dealkylation sites (tertiary alicyclic amines) is 1. The maximum Gasteiger partial charge on any atom is 0.340 e. The summed E-state index contributed by atoms with van der Waals surface area (Å²) in [6.07, 6.45) is 2.53. The standard InChI is InChI=1S/C14H21BN2O2/c1-10-13(18-12-8-17(9-12)7-6-16)3-2-11-4-5-15-19-14(10)11/h2-3,12,15H,4-9,16H2,1H3. The van der Waals surface area contributed by atoms with E-state index in [4.69, 9.17) is 15.1 Å². The van der Waals surface area contributed by atoms with Gasteiger partial charge < -0.3 is 15.1 Å². The molecular weight excluding hydrogens is 239 g/mol. The van der Waals surface area contributed by atoms with Gasteiger partial charge in [-0.3, -0.25) is 4.90 Å². The molecular formula is C14H21BN2O2. The second-order valence-corrected chi connectivity index (χ2v) is 5.42. The van der Waals surface area contributed by atoms with Crippen molar-refractivity contribution in [2.45, 2.75) is 25.8 Å². The number of benzene rings is 1. The van der Waals surface area contributed by atoms with Crippen LogP contribution in [-0.2, 0) is 6.42 Å². The quantitative estimate of drug-likeness (QED) is 0.810. The van der Waals surface area contributed by atoms with Crippen LogP contribution in [0.2, 0.25) is 6.32 Å². The summed E-state index contributed by atoms with van der Waals surface area (Å²) in [5.41, 5.74) is 8.00. The van der Waals surface area contributed by atoms with Gasteiger partial charge in [-0.05, 0) is 31.3 Å². The summed E-state index contributed by atoms with van der Waals surface area (Å²) >= 11 is 0. The smallest absolute Gasteiger partial charge is 0.340 e. The molecule has 0 aromatic heterocycles. The number of aryl methyl sites for hydroxylation is 1. The van der Waals surface area contributed by atoms with Gasteiger partial charge in [0.25, 0.3) is 0 Å². The Balaban J connectivity index is 1.66. The molecule has 0 atom stereocenters. The second-order valence-electron chi connectivity index (χ2n) is 5.42. The molecule has 19 heavy (non-hydrogen) atoms. The fraction of sp³-hybridized carbons (Fsp3) is 0.571. The zero-order valence-electron chi connectivity index (χ0n) is 11.5. The molecule has 0 aliphatic carbocycles. The Bertz CT molecular complexity index is 461. The van der Waals surface area contributed by atoms with Gasteiger partial charge in [-0.25, -0.2) is 0 Å². The zero-order valence-corrected chi connectivity index (χ0v) is 11.5. The highest BCUT2D eigenvalue weighted by Gasteiger charge is 2.28. The summed E-state index contributed by atoms with van der Waals surface area (Å²) in [5, 5.41) is 0. The third kappa shape index (κ3) is 2.58. The predicted octanol–water partition coefficient (Wildman–Crippen LogP) is 0.721. The van der Waals surface area contributed by atoms with E-state index in [-0.39, 0.29) is 0 Å². The highest BCUT2D eigenvalue weighted by molar-refractivity contribution is 6.29. The molecule has 0 radical (unpaired) electrons. The molecule has 0 saturated carbocycles. The van der Waals surface area contributed by atoms with Crippen LogP contribution in [0.3, 0.4) is 0 Å². The SMILES string of the molecule is Cc1c(OC2CN(CCN)C2)ccc2c1OBCC2. The van der Waals surface area contributed by atoms with Crippen LogP contribution in [0.15, 0.2) is 12.1 Å². The summed E-state index contributed by atoms with van der Waals surface area (Å²) in [4.78, 5) is 2.31. The Labute approximate surface area is 115 Å². The third-order valence-electron chi connectivity index (χ3n) is 3.94. The van der Waals surface area contributed by atoms with Crippen molar-refractivity contribution in [1.29, 1.82) is 0 Å². The molecule has 0 unspecified atom stereocenters. The highest BCUT2D eigenvalue weighted by Crippen LogP contribution is 2.35. The van der Waals surface area contributed by atoms with Crippen LogP contribution < -0.4 is 15.1 Å². The van der Waals surface area contributed by atoms with Crippen LogP contribution in [0.5, 0.6) is 11.5 Å². The van der Waals surface area contributed by atoms with Crippen molar-refractivity contribution in [1.82, 2.24) is 4.90 Å². The first-order valence-corrected chi connectivity index (χ1v) is 7.12. The van der Waals surface area contributed by atoms with E-state index in [0.29, 0.717) is 6.10 Å². The molecule has 0 bridgehead atoms. The van der Waals surface area contributed by atoms with Crippen molar-refractivity contribution in [3.05, 3.63) is 23.3 Å². The molecule has 4 nitrogen and oxygen atoms in total. The molecule has 0 amide bonds. The Morgan fingerprint density at radius 2 is 2.32 bits per heavy atom. The van der Waals surface area contributed by atoms with Crippen molar-refractivity contribution in [2.75, 3.05) is 26.2 Å². The molecule has 1 aromatic rings. The van der Waals surface area contributed by atoms with E-state index in [1.165, 1.54) is 5.56 Å². The molecule has 1 saturated heterocycles. The van der Waals surface area contributed by atoms with Gasteiger partial charge in [0.05, 0.1) is 0 Å². The summed E-state index contributed by atoms with van der Waals surface area (Å²) in [5.74, 6) is 2.01. The van der Waals surface area contributed by atoms with E-state index in [2.05, 4.69) is 24.0 Å². The average molecular weight is 260 g/mol. The fourth-order valence-electron chi connectivity index (χ4n) is 2.83. The number of hydrogen-bond donors (Lipinski definition) is 1. The molecule has 0 spiro atoms. The lowest BCUT2D eigenvalue weighted by Crippen LogP contribution is -2.55. The first-order valence-electron chi connectivity index (χ1n) is 7.12. The summed E-state index contributed by atoms with van der Waals surface area (Å²) in [6.45, 7) is 5.74. The van der Waals surface area contributed by atoms with Crippen LogP contribution in [0.4, 0.5) is 0 Å². The van der Waals surface area contributed by atoms with Gasteiger partial charge in [-0.2, -0.15) is 0 Å². The van der Waals surface area contributed by atoms with Crippen LogP contribution in [0, 0.1) is 6.92 Å². The number of ether oxygens (including phenoxy) is 1. The van der Waals surface area contributed by atoms with Gasteiger partial charge in [-0.1, -0.05) is 6.07 Å². The first-order chi connectivity index (χ1) is 9.28. The molecule has 2 aliphatic heterocycles. The summed E-state index contributed by atoms with van der Waals surface area (Å²) < 4.78 is 11.8. The summed E-state index contributed by atoms with van der Waals surface area (Å²) in [7, 11) is 0.824. The van der Waals surface area contributed by atoms with Gasteiger partial charge in [-0.15, -0.1) is 0 Å². The predicted molar refractivity (Wildman–Crippen MR) is 77.4 cm³/mol. The number of fused-ring (bicyclic) bond motifs is 1. The zero-order chi connectivity index (χ0) is 13.2. The van der Waals surface area contributed by atoms with Crippen LogP contribution in [-0.4, -0.2) is 44.7 Å². The molecule has 3 rings (SSSR count). The fourth-order valence-corrected chi connectivity index (χ4v) is 2.83. The number of nitrogens with zero attached hydrogens (tertiary/aromatic N) is 1.